The van der Waals surface area contributed by atoms with E-state index in [1.807, 2.05) is 0 Å². The Morgan fingerprint density at radius 3 is 2.29 bits per heavy atom. The van der Waals surface area contributed by atoms with E-state index in [9.17, 15) is 18.3 Å². The van der Waals surface area contributed by atoms with Gasteiger partial charge >= 0.3 is 0 Å². The molecule has 0 atom stereocenters. The monoisotopic (exact) mass is 203 g/mol. The summed E-state index contributed by atoms with van der Waals surface area (Å²) >= 11 is 0. The molecule has 5 heteroatoms. The van der Waals surface area contributed by atoms with Crippen LogP contribution < -0.4 is 5.73 Å². The minimum absolute atomic E-state index is 0.305. The second-order valence-electron chi connectivity index (χ2n) is 3.53. The third kappa shape index (κ3) is 1.16. The molecule has 3 N–H and O–H groups in total. The molecule has 0 radical (unpaired) electrons. The number of aromatic hydroxyl groups is 1. The van der Waals surface area contributed by atoms with Crippen molar-refractivity contribution in [1.29, 1.82) is 0 Å². The maximum absolute atomic E-state index is 13.2. The van der Waals surface area contributed by atoms with Crippen molar-refractivity contribution in [2.75, 3.05) is 0 Å². The van der Waals surface area contributed by atoms with Crippen molar-refractivity contribution in [3.05, 3.63) is 29.1 Å². The van der Waals surface area contributed by atoms with Crippen LogP contribution >= 0.6 is 0 Å². The normalized spacial score (nSPS) is 18.3. The zero-order chi connectivity index (χ0) is 10.5. The number of phenolic OH excluding ortho intramolecular Hbond substituents is 1. The molecule has 1 aliphatic carbocycles. The van der Waals surface area contributed by atoms with Crippen LogP contribution in [0.2, 0.25) is 0 Å². The Morgan fingerprint density at radius 2 is 1.79 bits per heavy atom. The van der Waals surface area contributed by atoms with E-state index < -0.39 is 34.3 Å². The molecule has 0 bridgehead atoms. The summed E-state index contributed by atoms with van der Waals surface area (Å²) < 4.78 is 38.9. The van der Waals surface area contributed by atoms with Crippen LogP contribution in [0.25, 0.3) is 0 Å². The molecular formula is C9H8F3NO. The standard InChI is InChI=1S/C9H8F3NO/c10-4-3-5(11)8(14)6(7(4)12)9(13)1-2-9/h3,14H,1-2,13H2. The predicted octanol–water partition coefficient (Wildman–Crippen LogP) is 1.76. The Labute approximate surface area is 78.2 Å². The highest BCUT2D eigenvalue weighted by atomic mass is 19.2. The summed E-state index contributed by atoms with van der Waals surface area (Å²) in [5.41, 5.74) is 4.02. The average molecular weight is 203 g/mol. The zero-order valence-corrected chi connectivity index (χ0v) is 7.15. The minimum Gasteiger partial charge on any atom is -0.505 e. The first-order valence-corrected chi connectivity index (χ1v) is 4.11. The third-order valence-corrected chi connectivity index (χ3v) is 2.43. The van der Waals surface area contributed by atoms with Gasteiger partial charge in [-0.2, -0.15) is 0 Å². The number of phenols is 1. The van der Waals surface area contributed by atoms with Crippen LogP contribution in [0.5, 0.6) is 5.75 Å². The summed E-state index contributed by atoms with van der Waals surface area (Å²) in [7, 11) is 0. The molecular weight excluding hydrogens is 195 g/mol. The Morgan fingerprint density at radius 1 is 1.21 bits per heavy atom. The molecule has 0 heterocycles. The van der Waals surface area contributed by atoms with E-state index in [2.05, 4.69) is 0 Å². The maximum Gasteiger partial charge on any atom is 0.168 e. The van der Waals surface area contributed by atoms with E-state index >= 15 is 0 Å². The van der Waals surface area contributed by atoms with E-state index in [1.165, 1.54) is 0 Å². The molecule has 1 aromatic carbocycles. The Hall–Kier alpha value is -1.23. The van der Waals surface area contributed by atoms with Crippen molar-refractivity contribution >= 4 is 0 Å². The first-order chi connectivity index (χ1) is 6.46. The van der Waals surface area contributed by atoms with Gasteiger partial charge in [0, 0.05) is 11.6 Å². The lowest BCUT2D eigenvalue weighted by Gasteiger charge is -2.13. The van der Waals surface area contributed by atoms with E-state index in [1.54, 1.807) is 0 Å². The van der Waals surface area contributed by atoms with Gasteiger partial charge in [0.2, 0.25) is 0 Å². The molecule has 1 aromatic rings. The summed E-state index contributed by atoms with van der Waals surface area (Å²) in [5, 5.41) is 9.22. The summed E-state index contributed by atoms with van der Waals surface area (Å²) in [6.07, 6.45) is 0.834. The fraction of sp³-hybridized carbons (Fsp3) is 0.333. The van der Waals surface area contributed by atoms with Gasteiger partial charge in [0.05, 0.1) is 5.56 Å². The predicted molar refractivity (Wildman–Crippen MR) is 43.1 cm³/mol. The first-order valence-electron chi connectivity index (χ1n) is 4.11. The van der Waals surface area contributed by atoms with Gasteiger partial charge in [-0.1, -0.05) is 0 Å². The Kier molecular flexibility index (Phi) is 1.75. The SMILES string of the molecule is NC1(c2c(O)c(F)cc(F)c2F)CC1. The molecule has 2 nitrogen and oxygen atoms in total. The van der Waals surface area contributed by atoms with E-state index in [-0.39, 0.29) is 0 Å². The van der Waals surface area contributed by atoms with Gasteiger partial charge in [-0.05, 0) is 12.8 Å². The van der Waals surface area contributed by atoms with Crippen LogP contribution in [0.3, 0.4) is 0 Å². The molecule has 2 rings (SSSR count). The molecule has 14 heavy (non-hydrogen) atoms. The number of hydrogen-bond donors (Lipinski definition) is 2. The zero-order valence-electron chi connectivity index (χ0n) is 7.15. The maximum atomic E-state index is 13.2. The first kappa shape index (κ1) is 9.33. The topological polar surface area (TPSA) is 46.2 Å². The minimum atomic E-state index is -1.33. The highest BCUT2D eigenvalue weighted by molar-refractivity contribution is 5.43. The second kappa shape index (κ2) is 2.63. The van der Waals surface area contributed by atoms with Gasteiger partial charge in [0.15, 0.2) is 23.2 Å². The van der Waals surface area contributed by atoms with Crippen molar-refractivity contribution in [2.24, 2.45) is 5.73 Å². The fourth-order valence-electron chi connectivity index (χ4n) is 1.42. The highest BCUT2D eigenvalue weighted by Crippen LogP contribution is 2.48. The van der Waals surface area contributed by atoms with E-state index in [0.29, 0.717) is 18.9 Å². The highest BCUT2D eigenvalue weighted by Gasteiger charge is 2.45. The van der Waals surface area contributed by atoms with Crippen LogP contribution in [0, 0.1) is 17.5 Å². The van der Waals surface area contributed by atoms with Gasteiger partial charge in [0.25, 0.3) is 0 Å². The number of nitrogens with two attached hydrogens (primary N) is 1. The van der Waals surface area contributed by atoms with Crippen molar-refractivity contribution in [3.63, 3.8) is 0 Å². The van der Waals surface area contributed by atoms with Gasteiger partial charge < -0.3 is 10.8 Å². The van der Waals surface area contributed by atoms with E-state index in [4.69, 9.17) is 5.73 Å². The molecule has 0 aliphatic heterocycles. The molecule has 0 amide bonds. The lowest BCUT2D eigenvalue weighted by Crippen LogP contribution is -2.21. The number of hydrogen-bond acceptors (Lipinski definition) is 2. The summed E-state index contributed by atoms with van der Waals surface area (Å²) in [6, 6.07) is 0.305. The third-order valence-electron chi connectivity index (χ3n) is 2.43. The number of rotatable bonds is 1. The van der Waals surface area contributed by atoms with Crippen LogP contribution in [0.4, 0.5) is 13.2 Å². The summed E-state index contributed by atoms with van der Waals surface area (Å²) in [6.45, 7) is 0. The Bertz CT molecular complexity index is 375. The molecule has 0 saturated heterocycles. The molecule has 0 spiro atoms. The molecule has 76 valence electrons. The molecule has 0 unspecified atom stereocenters. The van der Waals surface area contributed by atoms with Gasteiger partial charge in [0.1, 0.15) is 0 Å². The van der Waals surface area contributed by atoms with Crippen LogP contribution in [0.15, 0.2) is 6.07 Å². The second-order valence-corrected chi connectivity index (χ2v) is 3.53. The smallest absolute Gasteiger partial charge is 0.168 e. The molecule has 1 aliphatic rings. The van der Waals surface area contributed by atoms with Crippen LogP contribution in [0.1, 0.15) is 18.4 Å². The van der Waals surface area contributed by atoms with Gasteiger partial charge in [-0.25, -0.2) is 13.2 Å². The lowest BCUT2D eigenvalue weighted by atomic mass is 10.0. The lowest BCUT2D eigenvalue weighted by molar-refractivity contribution is 0.392. The quantitative estimate of drug-likeness (QED) is 0.683. The van der Waals surface area contributed by atoms with Crippen molar-refractivity contribution in [2.45, 2.75) is 18.4 Å². The Balaban J connectivity index is 2.68. The number of halogens is 3. The fourth-order valence-corrected chi connectivity index (χ4v) is 1.42. The molecule has 1 saturated carbocycles. The van der Waals surface area contributed by atoms with Crippen LogP contribution in [-0.4, -0.2) is 5.11 Å². The van der Waals surface area contributed by atoms with Gasteiger partial charge in [-0.15, -0.1) is 0 Å². The summed E-state index contributed by atoms with van der Waals surface area (Å²) in [4.78, 5) is 0. The average Bonchev–Trinajstić information content (AvgIpc) is 2.81. The van der Waals surface area contributed by atoms with E-state index in [0.717, 1.165) is 0 Å². The van der Waals surface area contributed by atoms with Crippen molar-refractivity contribution in [1.82, 2.24) is 0 Å². The molecule has 1 fully saturated rings. The number of benzene rings is 1. The largest absolute Gasteiger partial charge is 0.505 e. The summed E-state index contributed by atoms with van der Waals surface area (Å²) in [5.74, 6) is -4.66. The van der Waals surface area contributed by atoms with Gasteiger partial charge in [-0.3, -0.25) is 0 Å². The van der Waals surface area contributed by atoms with Crippen molar-refractivity contribution < 1.29 is 18.3 Å². The molecule has 0 aromatic heterocycles. The van der Waals surface area contributed by atoms with Crippen molar-refractivity contribution in [3.8, 4) is 5.75 Å². The van der Waals surface area contributed by atoms with Crippen LogP contribution in [-0.2, 0) is 5.54 Å².